The molecule has 21 heavy (non-hydrogen) atoms. The highest BCUT2D eigenvalue weighted by Crippen LogP contribution is 2.24. The van der Waals surface area contributed by atoms with Crippen molar-refractivity contribution in [2.24, 2.45) is 0 Å². The molecule has 4 heteroatoms. The first-order valence-corrected chi connectivity index (χ1v) is 7.01. The van der Waals surface area contributed by atoms with Gasteiger partial charge in [0, 0.05) is 16.0 Å². The van der Waals surface area contributed by atoms with E-state index in [0.717, 1.165) is 16.6 Å². The minimum absolute atomic E-state index is 0.110. The lowest BCUT2D eigenvalue weighted by molar-refractivity contribution is 0.257. The molecule has 0 aliphatic rings. The highest BCUT2D eigenvalue weighted by molar-refractivity contribution is 6.30. The number of hydrogen-bond acceptors (Lipinski definition) is 3. The highest BCUT2D eigenvalue weighted by atomic mass is 35.5. The van der Waals surface area contributed by atoms with Crippen LogP contribution in [0.1, 0.15) is 11.3 Å². The molecule has 3 aromatic rings. The Morgan fingerprint density at radius 2 is 1.90 bits per heavy atom. The van der Waals surface area contributed by atoms with E-state index in [-0.39, 0.29) is 6.61 Å². The van der Waals surface area contributed by atoms with E-state index in [1.165, 1.54) is 0 Å². The Hall–Kier alpha value is -2.10. The Balaban J connectivity index is 1.80. The van der Waals surface area contributed by atoms with Gasteiger partial charge in [-0.1, -0.05) is 35.9 Å². The molecule has 0 saturated heterocycles. The summed E-state index contributed by atoms with van der Waals surface area (Å²) in [6, 6.07) is 17.1. The molecule has 1 heterocycles. The van der Waals surface area contributed by atoms with Gasteiger partial charge < -0.3 is 9.84 Å². The maximum atomic E-state index is 9.33. The zero-order valence-corrected chi connectivity index (χ0v) is 12.0. The van der Waals surface area contributed by atoms with E-state index in [1.807, 2.05) is 36.4 Å². The van der Waals surface area contributed by atoms with Gasteiger partial charge in [0.1, 0.15) is 12.4 Å². The molecule has 0 unspecified atom stereocenters. The van der Waals surface area contributed by atoms with Gasteiger partial charge in [-0.2, -0.15) is 0 Å². The van der Waals surface area contributed by atoms with Crippen LogP contribution < -0.4 is 4.74 Å². The zero-order valence-electron chi connectivity index (χ0n) is 11.3. The molecule has 1 aromatic heterocycles. The van der Waals surface area contributed by atoms with Crippen molar-refractivity contribution in [3.8, 4) is 5.75 Å². The van der Waals surface area contributed by atoms with E-state index in [0.29, 0.717) is 22.9 Å². The molecule has 0 fully saturated rings. The maximum Gasteiger partial charge on any atom is 0.130 e. The van der Waals surface area contributed by atoms with Gasteiger partial charge in [0.05, 0.1) is 17.8 Å². The van der Waals surface area contributed by atoms with Crippen LogP contribution in [0.3, 0.4) is 0 Å². The lowest BCUT2D eigenvalue weighted by atomic mass is 10.2. The standard InChI is InChI=1S/C17H14ClNO2/c18-14-6-8-17(13(9-14)10-20)21-11-15-7-5-12-3-1-2-4-16(12)19-15/h1-9,20H,10-11H2. The predicted molar refractivity (Wildman–Crippen MR) is 83.4 cm³/mol. The van der Waals surface area contributed by atoms with Gasteiger partial charge in [-0.05, 0) is 30.3 Å². The van der Waals surface area contributed by atoms with Crippen molar-refractivity contribution in [1.29, 1.82) is 0 Å². The van der Waals surface area contributed by atoms with E-state index in [9.17, 15) is 5.11 Å². The lowest BCUT2D eigenvalue weighted by Crippen LogP contribution is -2.01. The summed E-state index contributed by atoms with van der Waals surface area (Å²) in [5.74, 6) is 0.622. The fraction of sp³-hybridized carbons (Fsp3) is 0.118. The Morgan fingerprint density at radius 1 is 1.05 bits per heavy atom. The molecule has 106 valence electrons. The topological polar surface area (TPSA) is 42.4 Å². The molecule has 0 atom stereocenters. The van der Waals surface area contributed by atoms with E-state index in [4.69, 9.17) is 16.3 Å². The second-order valence-electron chi connectivity index (χ2n) is 4.69. The van der Waals surface area contributed by atoms with Crippen LogP contribution in [0.2, 0.25) is 5.02 Å². The summed E-state index contributed by atoms with van der Waals surface area (Å²) in [5.41, 5.74) is 2.45. The van der Waals surface area contributed by atoms with Crippen LogP contribution in [-0.2, 0) is 13.2 Å². The van der Waals surface area contributed by atoms with Crippen LogP contribution in [0.15, 0.2) is 54.6 Å². The summed E-state index contributed by atoms with van der Waals surface area (Å²) in [6.45, 7) is 0.237. The number of nitrogens with zero attached hydrogens (tertiary/aromatic N) is 1. The van der Waals surface area contributed by atoms with E-state index < -0.39 is 0 Å². The average molecular weight is 300 g/mol. The molecule has 0 spiro atoms. The summed E-state index contributed by atoms with van der Waals surface area (Å²) in [5, 5.41) is 11.0. The van der Waals surface area contributed by atoms with E-state index >= 15 is 0 Å². The number of aliphatic hydroxyl groups is 1. The van der Waals surface area contributed by atoms with Crippen LogP contribution >= 0.6 is 11.6 Å². The fourth-order valence-corrected chi connectivity index (χ4v) is 2.35. The van der Waals surface area contributed by atoms with Crippen molar-refractivity contribution < 1.29 is 9.84 Å². The van der Waals surface area contributed by atoms with Gasteiger partial charge in [-0.15, -0.1) is 0 Å². The van der Waals surface area contributed by atoms with E-state index in [2.05, 4.69) is 4.98 Å². The lowest BCUT2D eigenvalue weighted by Gasteiger charge is -2.10. The van der Waals surface area contributed by atoms with Crippen molar-refractivity contribution in [2.75, 3.05) is 0 Å². The summed E-state index contributed by atoms with van der Waals surface area (Å²) in [6.07, 6.45) is 0. The number of fused-ring (bicyclic) bond motifs is 1. The smallest absolute Gasteiger partial charge is 0.130 e. The van der Waals surface area contributed by atoms with Crippen molar-refractivity contribution in [2.45, 2.75) is 13.2 Å². The van der Waals surface area contributed by atoms with Gasteiger partial charge in [-0.3, -0.25) is 0 Å². The van der Waals surface area contributed by atoms with Crippen LogP contribution in [0.25, 0.3) is 10.9 Å². The first kappa shape index (κ1) is 13.9. The monoisotopic (exact) mass is 299 g/mol. The fourth-order valence-electron chi connectivity index (χ4n) is 2.15. The van der Waals surface area contributed by atoms with Crippen molar-refractivity contribution >= 4 is 22.5 Å². The van der Waals surface area contributed by atoms with Gasteiger partial charge >= 0.3 is 0 Å². The van der Waals surface area contributed by atoms with Gasteiger partial charge in [0.15, 0.2) is 0 Å². The normalized spacial score (nSPS) is 10.8. The predicted octanol–water partition coefficient (Wildman–Crippen LogP) is 3.96. The van der Waals surface area contributed by atoms with Gasteiger partial charge in [-0.25, -0.2) is 4.98 Å². The molecule has 0 aliphatic carbocycles. The molecule has 0 radical (unpaired) electrons. The number of halogens is 1. The molecule has 0 bridgehead atoms. The number of benzene rings is 2. The average Bonchev–Trinajstić information content (AvgIpc) is 2.53. The first-order chi connectivity index (χ1) is 10.3. The maximum absolute atomic E-state index is 9.33. The van der Waals surface area contributed by atoms with Gasteiger partial charge in [0.25, 0.3) is 0 Å². The SMILES string of the molecule is OCc1cc(Cl)ccc1OCc1ccc2ccccc2n1. The molecular weight excluding hydrogens is 286 g/mol. The first-order valence-electron chi connectivity index (χ1n) is 6.63. The van der Waals surface area contributed by atoms with E-state index in [1.54, 1.807) is 18.2 Å². The third-order valence-electron chi connectivity index (χ3n) is 3.22. The molecule has 0 saturated carbocycles. The summed E-state index contributed by atoms with van der Waals surface area (Å²) < 4.78 is 5.74. The summed E-state index contributed by atoms with van der Waals surface area (Å²) >= 11 is 5.90. The van der Waals surface area contributed by atoms with Crippen LogP contribution in [0, 0.1) is 0 Å². The minimum atomic E-state index is -0.110. The third kappa shape index (κ3) is 3.15. The number of rotatable bonds is 4. The molecule has 3 rings (SSSR count). The number of pyridine rings is 1. The largest absolute Gasteiger partial charge is 0.487 e. The number of aromatic nitrogens is 1. The van der Waals surface area contributed by atoms with Crippen molar-refractivity contribution in [3.63, 3.8) is 0 Å². The molecule has 2 aromatic carbocycles. The Labute approximate surface area is 127 Å². The molecule has 1 N–H and O–H groups in total. The second-order valence-corrected chi connectivity index (χ2v) is 5.13. The summed E-state index contributed by atoms with van der Waals surface area (Å²) in [4.78, 5) is 4.55. The number of para-hydroxylation sites is 1. The molecular formula is C17H14ClNO2. The number of aliphatic hydroxyl groups excluding tert-OH is 1. The molecule has 0 aliphatic heterocycles. The van der Waals surface area contributed by atoms with Crippen LogP contribution in [-0.4, -0.2) is 10.1 Å². The highest BCUT2D eigenvalue weighted by Gasteiger charge is 2.05. The Kier molecular flexibility index (Phi) is 4.04. The van der Waals surface area contributed by atoms with Gasteiger partial charge in [0.2, 0.25) is 0 Å². The number of ether oxygens (including phenoxy) is 1. The minimum Gasteiger partial charge on any atom is -0.487 e. The molecule has 3 nitrogen and oxygen atoms in total. The Morgan fingerprint density at radius 3 is 2.76 bits per heavy atom. The molecule has 0 amide bonds. The zero-order chi connectivity index (χ0) is 14.7. The Bertz CT molecular complexity index is 774. The van der Waals surface area contributed by atoms with Crippen molar-refractivity contribution in [3.05, 3.63) is 70.9 Å². The number of hydrogen-bond donors (Lipinski definition) is 1. The third-order valence-corrected chi connectivity index (χ3v) is 3.46. The van der Waals surface area contributed by atoms with Crippen LogP contribution in [0.4, 0.5) is 0 Å². The quantitative estimate of drug-likeness (QED) is 0.793. The summed E-state index contributed by atoms with van der Waals surface area (Å²) in [7, 11) is 0. The van der Waals surface area contributed by atoms with Crippen LogP contribution in [0.5, 0.6) is 5.75 Å². The van der Waals surface area contributed by atoms with Crippen molar-refractivity contribution in [1.82, 2.24) is 4.98 Å². The second kappa shape index (κ2) is 6.12.